The van der Waals surface area contributed by atoms with Crippen molar-refractivity contribution in [3.8, 4) is 6.07 Å². The fraction of sp³-hybridized carbons (Fsp3) is 0.409. The van der Waals surface area contributed by atoms with Crippen molar-refractivity contribution in [2.45, 2.75) is 38.5 Å². The van der Waals surface area contributed by atoms with Crippen molar-refractivity contribution in [2.24, 2.45) is 11.3 Å². The third-order valence-corrected chi connectivity index (χ3v) is 6.19. The molecule has 1 amide bonds. The van der Waals surface area contributed by atoms with E-state index in [9.17, 15) is 14.9 Å². The lowest BCUT2D eigenvalue weighted by Gasteiger charge is -2.24. The molecular formula is C22H23N5O2. The summed E-state index contributed by atoms with van der Waals surface area (Å²) in [6.07, 6.45) is 4.93. The zero-order chi connectivity index (χ0) is 20.6. The summed E-state index contributed by atoms with van der Waals surface area (Å²) in [4.78, 5) is 34.5. The molecule has 1 atom stereocenters. The maximum absolute atomic E-state index is 12.9. The van der Waals surface area contributed by atoms with Gasteiger partial charge in [-0.05, 0) is 48.9 Å². The summed E-state index contributed by atoms with van der Waals surface area (Å²) in [5.41, 5.74) is 0.534. The first-order valence-electron chi connectivity index (χ1n) is 9.84. The number of aldehydes is 1. The van der Waals surface area contributed by atoms with Crippen LogP contribution >= 0.6 is 0 Å². The van der Waals surface area contributed by atoms with Gasteiger partial charge in [0.15, 0.2) is 0 Å². The van der Waals surface area contributed by atoms with Crippen LogP contribution in [0, 0.1) is 22.7 Å². The Balaban J connectivity index is 1.52. The molecule has 2 fully saturated rings. The molecular weight excluding hydrogens is 366 g/mol. The lowest BCUT2D eigenvalue weighted by Crippen LogP contribution is -2.37. The van der Waals surface area contributed by atoms with Crippen LogP contribution < -0.4 is 10.2 Å². The van der Waals surface area contributed by atoms with Crippen LogP contribution in [0.1, 0.15) is 38.7 Å². The van der Waals surface area contributed by atoms with Crippen molar-refractivity contribution in [1.29, 1.82) is 5.26 Å². The quantitative estimate of drug-likeness (QED) is 0.761. The van der Waals surface area contributed by atoms with E-state index in [-0.39, 0.29) is 17.2 Å². The number of carbonyl (C=O) groups is 2. The summed E-state index contributed by atoms with van der Waals surface area (Å²) in [6, 6.07) is 11.6. The third kappa shape index (κ3) is 3.15. The summed E-state index contributed by atoms with van der Waals surface area (Å²) in [5, 5.41) is 12.8. The van der Waals surface area contributed by atoms with Crippen molar-refractivity contribution in [1.82, 2.24) is 9.97 Å². The molecule has 2 heterocycles. The highest BCUT2D eigenvalue weighted by Crippen LogP contribution is 2.46. The Bertz CT molecular complexity index is 991. The Morgan fingerprint density at radius 2 is 1.93 bits per heavy atom. The molecule has 1 saturated carbocycles. The van der Waals surface area contributed by atoms with Crippen LogP contribution in [0.4, 0.5) is 17.5 Å². The minimum Gasteiger partial charge on any atom is -0.324 e. The fourth-order valence-corrected chi connectivity index (χ4v) is 3.91. The number of aromatic nitrogens is 2. The first-order valence-corrected chi connectivity index (χ1v) is 9.84. The molecule has 1 N–H and O–H groups in total. The second kappa shape index (κ2) is 6.96. The van der Waals surface area contributed by atoms with Gasteiger partial charge in [0.1, 0.15) is 17.5 Å². The maximum atomic E-state index is 12.9. The Kier molecular flexibility index (Phi) is 4.58. The fourth-order valence-electron chi connectivity index (χ4n) is 3.91. The first-order chi connectivity index (χ1) is 13.9. The molecule has 29 heavy (non-hydrogen) atoms. The van der Waals surface area contributed by atoms with Crippen LogP contribution in [-0.2, 0) is 15.0 Å². The first kappa shape index (κ1) is 19.1. The predicted molar refractivity (Wildman–Crippen MR) is 109 cm³/mol. The second-order valence-corrected chi connectivity index (χ2v) is 8.16. The van der Waals surface area contributed by atoms with Crippen LogP contribution in [-0.4, -0.2) is 28.7 Å². The monoisotopic (exact) mass is 389 g/mol. The number of rotatable bonds is 6. The lowest BCUT2D eigenvalue weighted by atomic mass is 9.77. The van der Waals surface area contributed by atoms with Crippen molar-refractivity contribution in [3.05, 3.63) is 42.1 Å². The van der Waals surface area contributed by atoms with E-state index in [4.69, 9.17) is 0 Å². The highest BCUT2D eigenvalue weighted by Gasteiger charge is 2.50. The zero-order valence-corrected chi connectivity index (χ0v) is 16.6. The van der Waals surface area contributed by atoms with Crippen molar-refractivity contribution in [2.75, 3.05) is 16.8 Å². The Hall–Kier alpha value is -3.27. The van der Waals surface area contributed by atoms with Crippen LogP contribution in [0.25, 0.3) is 0 Å². The highest BCUT2D eigenvalue weighted by atomic mass is 16.2. The Labute approximate surface area is 169 Å². The number of hydrogen-bond donors (Lipinski definition) is 1. The van der Waals surface area contributed by atoms with Gasteiger partial charge in [0, 0.05) is 18.4 Å². The van der Waals surface area contributed by atoms with Crippen LogP contribution in [0.3, 0.4) is 0 Å². The number of hydrogen-bond acceptors (Lipinski definition) is 6. The minimum atomic E-state index is -0.994. The molecule has 4 rings (SSSR count). The molecule has 0 spiro atoms. The molecule has 1 saturated heterocycles. The van der Waals surface area contributed by atoms with E-state index in [0.29, 0.717) is 24.7 Å². The molecule has 1 aliphatic carbocycles. The highest BCUT2D eigenvalue weighted by molar-refractivity contribution is 6.01. The smallest absolute Gasteiger partial charge is 0.248 e. The van der Waals surface area contributed by atoms with Crippen molar-refractivity contribution < 1.29 is 9.59 Å². The SMILES string of the molecule is CC(C)[C@]1(C#N)CCN(c2ccnc(Nc3ccc(C4(C=O)CC4)cc3)n2)C1=O. The molecule has 0 radical (unpaired) electrons. The third-order valence-electron chi connectivity index (χ3n) is 6.19. The van der Waals surface area contributed by atoms with Gasteiger partial charge in [0.05, 0.1) is 11.5 Å². The van der Waals surface area contributed by atoms with Gasteiger partial charge in [-0.1, -0.05) is 26.0 Å². The number of nitrogens with zero attached hydrogens (tertiary/aromatic N) is 4. The van der Waals surface area contributed by atoms with Crippen molar-refractivity contribution >= 4 is 29.6 Å². The normalized spacial score (nSPS) is 22.4. The minimum absolute atomic E-state index is 0.0657. The van der Waals surface area contributed by atoms with E-state index < -0.39 is 5.41 Å². The predicted octanol–water partition coefficient (Wildman–Crippen LogP) is 3.35. The molecule has 148 valence electrons. The van der Waals surface area contributed by atoms with E-state index in [1.807, 2.05) is 38.1 Å². The van der Waals surface area contributed by atoms with Gasteiger partial charge in [0.2, 0.25) is 11.9 Å². The number of nitrogens with one attached hydrogen (secondary N) is 1. The average Bonchev–Trinajstić information content (AvgIpc) is 3.46. The molecule has 2 aliphatic rings. The van der Waals surface area contributed by atoms with E-state index in [0.717, 1.165) is 30.4 Å². The molecule has 7 heteroatoms. The number of anilines is 3. The Morgan fingerprint density at radius 1 is 1.21 bits per heavy atom. The number of carbonyl (C=O) groups excluding carboxylic acids is 2. The molecule has 1 aromatic heterocycles. The molecule has 2 aromatic rings. The summed E-state index contributed by atoms with van der Waals surface area (Å²) >= 11 is 0. The number of amides is 1. The molecule has 1 aromatic carbocycles. The molecule has 7 nitrogen and oxygen atoms in total. The van der Waals surface area contributed by atoms with Crippen LogP contribution in [0.5, 0.6) is 0 Å². The molecule has 0 bridgehead atoms. The summed E-state index contributed by atoms with van der Waals surface area (Å²) in [7, 11) is 0. The summed E-state index contributed by atoms with van der Waals surface area (Å²) in [5.74, 6) is 0.593. The van der Waals surface area contributed by atoms with Gasteiger partial charge >= 0.3 is 0 Å². The zero-order valence-electron chi connectivity index (χ0n) is 16.6. The number of nitriles is 1. The summed E-state index contributed by atoms with van der Waals surface area (Å²) < 4.78 is 0. The van der Waals surface area contributed by atoms with Gasteiger partial charge in [-0.2, -0.15) is 10.2 Å². The molecule has 0 unspecified atom stereocenters. The number of benzene rings is 1. The van der Waals surface area contributed by atoms with E-state index in [1.54, 1.807) is 17.2 Å². The summed E-state index contributed by atoms with van der Waals surface area (Å²) in [6.45, 7) is 4.26. The standard InChI is InChI=1S/C22H23N5O2/c1-15(2)22(13-23)10-12-27(19(22)29)18-7-11-24-20(26-18)25-17-5-3-16(4-6-17)21(14-28)8-9-21/h3-7,11,14-15H,8-10,12H2,1-2H3,(H,24,25,26)/t22-/m1/s1. The topological polar surface area (TPSA) is 99.0 Å². The van der Waals surface area contributed by atoms with E-state index >= 15 is 0 Å². The van der Waals surface area contributed by atoms with Crippen molar-refractivity contribution in [3.63, 3.8) is 0 Å². The van der Waals surface area contributed by atoms with Gasteiger partial charge in [0.25, 0.3) is 0 Å². The van der Waals surface area contributed by atoms with E-state index in [1.165, 1.54) is 0 Å². The average molecular weight is 389 g/mol. The molecule has 1 aliphatic heterocycles. The largest absolute Gasteiger partial charge is 0.324 e. The van der Waals surface area contributed by atoms with E-state index in [2.05, 4.69) is 21.4 Å². The van der Waals surface area contributed by atoms with Gasteiger partial charge in [-0.15, -0.1) is 0 Å². The van der Waals surface area contributed by atoms with Crippen LogP contribution in [0.15, 0.2) is 36.5 Å². The van der Waals surface area contributed by atoms with Crippen LogP contribution in [0.2, 0.25) is 0 Å². The maximum Gasteiger partial charge on any atom is 0.248 e. The second-order valence-electron chi connectivity index (χ2n) is 8.16. The van der Waals surface area contributed by atoms with Gasteiger partial charge in [-0.3, -0.25) is 9.69 Å². The Morgan fingerprint density at radius 3 is 2.48 bits per heavy atom. The lowest BCUT2D eigenvalue weighted by molar-refractivity contribution is -0.124. The van der Waals surface area contributed by atoms with Gasteiger partial charge < -0.3 is 10.1 Å². The van der Waals surface area contributed by atoms with Gasteiger partial charge in [-0.25, -0.2) is 4.98 Å².